The highest BCUT2D eigenvalue weighted by molar-refractivity contribution is 7.74. The van der Waals surface area contributed by atoms with Crippen molar-refractivity contribution < 1.29 is 22.6 Å². The lowest BCUT2D eigenvalue weighted by molar-refractivity contribution is -0.131. The fourth-order valence-electron chi connectivity index (χ4n) is 4.81. The van der Waals surface area contributed by atoms with Gasteiger partial charge in [-0.05, 0) is 38.1 Å². The smallest absolute Gasteiger partial charge is 0.346 e. The fourth-order valence-corrected chi connectivity index (χ4v) is 5.13. The molecule has 134 valence electrons. The minimum atomic E-state index is -2.79. The highest BCUT2D eigenvalue weighted by Crippen LogP contribution is 2.47. The molecule has 0 aromatic heterocycles. The third-order valence-corrected chi connectivity index (χ3v) is 5.96. The minimum absolute atomic E-state index is 0.139. The summed E-state index contributed by atoms with van der Waals surface area (Å²) in [5.74, 6) is -0.139. The number of hydrogen-bond donors (Lipinski definition) is 1. The second-order valence-electron chi connectivity index (χ2n) is 7.57. The molecule has 3 atom stereocenters. The zero-order valence-electron chi connectivity index (χ0n) is 13.5. The Morgan fingerprint density at radius 1 is 1.38 bits per heavy atom. The second kappa shape index (κ2) is 5.65. The molecule has 9 nitrogen and oxygen atoms in total. The van der Waals surface area contributed by atoms with E-state index in [1.54, 1.807) is 0 Å². The van der Waals surface area contributed by atoms with Crippen LogP contribution in [0, 0.1) is 5.41 Å². The van der Waals surface area contributed by atoms with E-state index in [9.17, 15) is 18.4 Å². The van der Waals surface area contributed by atoms with Gasteiger partial charge in [-0.2, -0.15) is 9.35 Å². The van der Waals surface area contributed by atoms with Crippen molar-refractivity contribution in [2.24, 2.45) is 5.41 Å². The molecule has 1 unspecified atom stereocenters. The Hall–Kier alpha value is -1.23. The van der Waals surface area contributed by atoms with Gasteiger partial charge in [-0.3, -0.25) is 4.79 Å². The van der Waals surface area contributed by atoms with E-state index in [0.717, 1.165) is 31.0 Å². The summed E-state index contributed by atoms with van der Waals surface area (Å²) in [6.45, 7) is 2.51. The van der Waals surface area contributed by atoms with Crippen LogP contribution in [0.5, 0.6) is 0 Å². The molecule has 24 heavy (non-hydrogen) atoms. The Morgan fingerprint density at radius 3 is 2.71 bits per heavy atom. The zero-order chi connectivity index (χ0) is 17.1. The highest BCUT2D eigenvalue weighted by Gasteiger charge is 2.53. The number of hydroxylamine groups is 2. The lowest BCUT2D eigenvalue weighted by Gasteiger charge is -2.58. The van der Waals surface area contributed by atoms with E-state index in [1.807, 2.05) is 0 Å². The average Bonchev–Trinajstić information content (AvgIpc) is 2.68. The molecule has 1 N–H and O–H groups in total. The van der Waals surface area contributed by atoms with Gasteiger partial charge in [0.15, 0.2) is 0 Å². The van der Waals surface area contributed by atoms with Crippen molar-refractivity contribution in [3.63, 3.8) is 0 Å². The zero-order valence-corrected chi connectivity index (χ0v) is 14.3. The molecule has 1 saturated carbocycles. The van der Waals surface area contributed by atoms with Crippen LogP contribution >= 0.6 is 0 Å². The molecule has 0 aromatic carbocycles. The molecule has 3 aliphatic heterocycles. The van der Waals surface area contributed by atoms with Crippen molar-refractivity contribution >= 4 is 23.3 Å². The molecular formula is C14H21N4O5S-. The maximum Gasteiger partial charge on any atom is 0.346 e. The van der Waals surface area contributed by atoms with Crippen LogP contribution in [0.4, 0.5) is 4.79 Å². The van der Waals surface area contributed by atoms with E-state index in [0.29, 0.717) is 24.8 Å². The standard InChI is InChI=1S/C14H22N4O5S/c1-16-7-14(8-16)4-9(5-14)15-12(19)11-3-2-10-6-17(11)13(20)18(10)23-24(21)22/h9-11H,2-8H2,1H3,(H,15,19)(H,21,22)/p-1/t10-,11+/m1/s1. The average molecular weight is 357 g/mol. The van der Waals surface area contributed by atoms with Gasteiger partial charge < -0.3 is 19.7 Å². The number of fused-ring (bicyclic) bond motifs is 2. The largest absolute Gasteiger partial charge is 0.748 e. The molecule has 3 heterocycles. The summed E-state index contributed by atoms with van der Waals surface area (Å²) in [4.78, 5) is 28.5. The second-order valence-corrected chi connectivity index (χ2v) is 8.13. The summed E-state index contributed by atoms with van der Waals surface area (Å²) >= 11 is -2.79. The molecule has 10 heteroatoms. The van der Waals surface area contributed by atoms with Crippen molar-refractivity contribution in [2.75, 3.05) is 26.7 Å². The van der Waals surface area contributed by atoms with E-state index in [4.69, 9.17) is 0 Å². The van der Waals surface area contributed by atoms with Crippen molar-refractivity contribution in [1.29, 1.82) is 0 Å². The first-order chi connectivity index (χ1) is 11.4. The summed E-state index contributed by atoms with van der Waals surface area (Å²) in [5, 5.41) is 3.92. The van der Waals surface area contributed by atoms with Gasteiger partial charge in [0, 0.05) is 25.7 Å². The number of likely N-dealkylation sites (tertiary alicyclic amines) is 1. The predicted molar refractivity (Wildman–Crippen MR) is 81.9 cm³/mol. The Balaban J connectivity index is 1.33. The minimum Gasteiger partial charge on any atom is -0.748 e. The lowest BCUT2D eigenvalue weighted by Crippen LogP contribution is -2.66. The van der Waals surface area contributed by atoms with Gasteiger partial charge in [0.05, 0.1) is 6.04 Å². The van der Waals surface area contributed by atoms with Crippen LogP contribution in [-0.2, 0) is 20.4 Å². The van der Waals surface area contributed by atoms with Gasteiger partial charge in [-0.25, -0.2) is 9.00 Å². The fraction of sp³-hybridized carbons (Fsp3) is 0.857. The van der Waals surface area contributed by atoms with Crippen LogP contribution in [0.1, 0.15) is 25.7 Å². The van der Waals surface area contributed by atoms with Gasteiger partial charge in [0.25, 0.3) is 0 Å². The van der Waals surface area contributed by atoms with Crippen LogP contribution < -0.4 is 5.32 Å². The number of hydrogen-bond acceptors (Lipinski definition) is 6. The molecule has 4 rings (SSSR count). The van der Waals surface area contributed by atoms with Crippen LogP contribution in [-0.4, -0.2) is 80.4 Å². The summed E-state index contributed by atoms with van der Waals surface area (Å²) < 4.78 is 26.0. The van der Waals surface area contributed by atoms with Gasteiger partial charge in [-0.15, -0.1) is 0 Å². The Bertz CT molecular complexity index is 588. The number of carbonyl (C=O) groups is 2. The summed E-state index contributed by atoms with van der Waals surface area (Å²) in [6.07, 6.45) is 3.07. The summed E-state index contributed by atoms with van der Waals surface area (Å²) in [5.41, 5.74) is 0.386. The van der Waals surface area contributed by atoms with Crippen molar-refractivity contribution in [2.45, 2.75) is 43.8 Å². The van der Waals surface area contributed by atoms with Crippen molar-refractivity contribution in [3.05, 3.63) is 0 Å². The third kappa shape index (κ3) is 2.61. The topological polar surface area (TPSA) is 105 Å². The lowest BCUT2D eigenvalue weighted by atomic mass is 9.61. The van der Waals surface area contributed by atoms with Crippen LogP contribution in [0.3, 0.4) is 0 Å². The number of rotatable bonds is 4. The van der Waals surface area contributed by atoms with Gasteiger partial charge in [0.1, 0.15) is 17.4 Å². The van der Waals surface area contributed by atoms with E-state index in [1.165, 1.54) is 4.90 Å². The molecule has 3 saturated heterocycles. The van der Waals surface area contributed by atoms with E-state index >= 15 is 0 Å². The van der Waals surface area contributed by atoms with Crippen LogP contribution in [0.2, 0.25) is 0 Å². The van der Waals surface area contributed by atoms with E-state index in [2.05, 4.69) is 21.5 Å². The van der Waals surface area contributed by atoms with Crippen LogP contribution in [0.25, 0.3) is 0 Å². The Morgan fingerprint density at radius 2 is 2.08 bits per heavy atom. The maximum absolute atomic E-state index is 12.5. The first kappa shape index (κ1) is 16.2. The maximum atomic E-state index is 12.5. The first-order valence-electron chi connectivity index (χ1n) is 8.23. The number of nitrogens with zero attached hydrogens (tertiary/aromatic N) is 3. The number of piperidine rings is 1. The molecule has 4 fully saturated rings. The van der Waals surface area contributed by atoms with Crippen LogP contribution in [0.15, 0.2) is 0 Å². The van der Waals surface area contributed by atoms with Gasteiger partial charge in [0.2, 0.25) is 5.91 Å². The number of amides is 3. The monoisotopic (exact) mass is 357 g/mol. The number of nitrogens with one attached hydrogen (secondary N) is 1. The first-order valence-corrected chi connectivity index (χ1v) is 9.23. The Kier molecular flexibility index (Phi) is 3.83. The molecule has 2 bridgehead atoms. The van der Waals surface area contributed by atoms with E-state index < -0.39 is 23.4 Å². The molecular weight excluding hydrogens is 336 g/mol. The molecule has 0 aromatic rings. The SMILES string of the molecule is CN1CC2(CC(NC(=O)[C@@H]3CC[C@@H]4CN3C(=O)N4OS(=O)[O-])C2)C1. The predicted octanol–water partition coefficient (Wildman–Crippen LogP) is -0.809. The quantitative estimate of drug-likeness (QED) is 0.660. The highest BCUT2D eigenvalue weighted by atomic mass is 32.2. The Labute approximate surface area is 142 Å². The van der Waals surface area contributed by atoms with Crippen molar-refractivity contribution in [3.8, 4) is 0 Å². The number of carbonyl (C=O) groups excluding carboxylic acids is 2. The van der Waals surface area contributed by atoms with Gasteiger partial charge >= 0.3 is 6.03 Å². The summed E-state index contributed by atoms with van der Waals surface area (Å²) in [6, 6.07) is -1.21. The molecule has 0 radical (unpaired) electrons. The normalized spacial score (nSPS) is 33.3. The van der Waals surface area contributed by atoms with Crippen molar-refractivity contribution in [1.82, 2.24) is 20.2 Å². The molecule has 1 spiro atoms. The van der Waals surface area contributed by atoms with Gasteiger partial charge in [-0.1, -0.05) is 0 Å². The number of urea groups is 1. The third-order valence-electron chi connectivity index (χ3n) is 5.68. The molecule has 4 aliphatic rings. The molecule has 3 amide bonds. The molecule has 1 aliphatic carbocycles. The van der Waals surface area contributed by atoms with E-state index in [-0.39, 0.29) is 18.0 Å². The summed E-state index contributed by atoms with van der Waals surface area (Å²) in [7, 11) is 2.09.